The Bertz CT molecular complexity index is 969. The van der Waals surface area contributed by atoms with Gasteiger partial charge in [-0.2, -0.15) is 0 Å². The molecule has 0 aromatic heterocycles. The van der Waals surface area contributed by atoms with Crippen LogP contribution in [0.25, 0.3) is 0 Å². The van der Waals surface area contributed by atoms with Crippen LogP contribution >= 0.6 is 0 Å². The average molecular weight is 419 g/mol. The van der Waals surface area contributed by atoms with E-state index in [2.05, 4.69) is 23.9 Å². The summed E-state index contributed by atoms with van der Waals surface area (Å²) in [7, 11) is -3.72. The molecule has 0 atom stereocenters. The van der Waals surface area contributed by atoms with Crippen molar-refractivity contribution in [3.63, 3.8) is 0 Å². The molecule has 0 spiro atoms. The Balaban J connectivity index is 2.02. The van der Waals surface area contributed by atoms with Crippen molar-refractivity contribution in [2.24, 2.45) is 5.92 Å². The Labute approximate surface area is 173 Å². The quantitative estimate of drug-likeness (QED) is 0.646. The summed E-state index contributed by atoms with van der Waals surface area (Å²) >= 11 is 0. The number of anilines is 1. The van der Waals surface area contributed by atoms with Crippen molar-refractivity contribution in [2.45, 2.75) is 45.9 Å². The molecule has 0 fully saturated rings. The van der Waals surface area contributed by atoms with E-state index in [1.807, 2.05) is 19.9 Å². The third-order valence-electron chi connectivity index (χ3n) is 4.62. The molecule has 0 aliphatic carbocycles. The SMILES string of the molecule is Cc1ccc(NS(=O)(=O)c2ccc(OCC(=O)NCCC(C)C)c(C)c2)cc1C. The van der Waals surface area contributed by atoms with Crippen LogP contribution in [0.2, 0.25) is 0 Å². The molecule has 0 saturated heterocycles. The molecule has 0 unspecified atom stereocenters. The number of sulfonamides is 1. The molecule has 0 saturated carbocycles. The van der Waals surface area contributed by atoms with Gasteiger partial charge in [0.1, 0.15) is 5.75 Å². The van der Waals surface area contributed by atoms with Gasteiger partial charge in [-0.3, -0.25) is 9.52 Å². The van der Waals surface area contributed by atoms with Crippen molar-refractivity contribution >= 4 is 21.6 Å². The zero-order chi connectivity index (χ0) is 21.6. The molecule has 7 heteroatoms. The smallest absolute Gasteiger partial charge is 0.261 e. The van der Waals surface area contributed by atoms with Crippen LogP contribution in [0.15, 0.2) is 41.3 Å². The normalized spacial score (nSPS) is 11.4. The number of nitrogens with one attached hydrogen (secondary N) is 2. The molecule has 0 aliphatic rings. The van der Waals surface area contributed by atoms with Gasteiger partial charge in [0, 0.05) is 12.2 Å². The summed E-state index contributed by atoms with van der Waals surface area (Å²) in [6.45, 7) is 10.3. The van der Waals surface area contributed by atoms with Crippen molar-refractivity contribution in [1.29, 1.82) is 0 Å². The second-order valence-electron chi connectivity index (χ2n) is 7.65. The number of rotatable bonds is 9. The summed E-state index contributed by atoms with van der Waals surface area (Å²) in [5.41, 5.74) is 3.27. The van der Waals surface area contributed by atoms with Gasteiger partial charge in [-0.1, -0.05) is 19.9 Å². The summed E-state index contributed by atoms with van der Waals surface area (Å²) in [6, 6.07) is 10.0. The van der Waals surface area contributed by atoms with Crippen LogP contribution in [0.4, 0.5) is 5.69 Å². The van der Waals surface area contributed by atoms with Gasteiger partial charge in [-0.05, 0) is 80.1 Å². The topological polar surface area (TPSA) is 84.5 Å². The second-order valence-corrected chi connectivity index (χ2v) is 9.34. The van der Waals surface area contributed by atoms with E-state index in [9.17, 15) is 13.2 Å². The van der Waals surface area contributed by atoms with Gasteiger partial charge < -0.3 is 10.1 Å². The number of hydrogen-bond acceptors (Lipinski definition) is 4. The second kappa shape index (κ2) is 9.78. The first kappa shape index (κ1) is 22.7. The molecule has 2 aromatic rings. The molecular weight excluding hydrogens is 388 g/mol. The molecule has 1 amide bonds. The van der Waals surface area contributed by atoms with Gasteiger partial charge in [-0.15, -0.1) is 0 Å². The monoisotopic (exact) mass is 418 g/mol. The molecule has 29 heavy (non-hydrogen) atoms. The largest absolute Gasteiger partial charge is 0.484 e. The fraction of sp³-hybridized carbons (Fsp3) is 0.409. The molecule has 2 rings (SSSR count). The van der Waals surface area contributed by atoms with E-state index in [1.54, 1.807) is 25.1 Å². The van der Waals surface area contributed by atoms with Crippen molar-refractivity contribution in [3.05, 3.63) is 53.1 Å². The molecule has 2 aromatic carbocycles. The van der Waals surface area contributed by atoms with Gasteiger partial charge in [0.05, 0.1) is 4.90 Å². The molecule has 158 valence electrons. The molecule has 0 bridgehead atoms. The molecule has 2 N–H and O–H groups in total. The van der Waals surface area contributed by atoms with Crippen LogP contribution in [-0.2, 0) is 14.8 Å². The number of amides is 1. The molecule has 0 heterocycles. The highest BCUT2D eigenvalue weighted by atomic mass is 32.2. The van der Waals surface area contributed by atoms with Gasteiger partial charge in [-0.25, -0.2) is 8.42 Å². The van der Waals surface area contributed by atoms with Crippen LogP contribution in [0, 0.1) is 26.7 Å². The lowest BCUT2D eigenvalue weighted by Gasteiger charge is -2.13. The Morgan fingerprint density at radius 3 is 2.34 bits per heavy atom. The van der Waals surface area contributed by atoms with Crippen molar-refractivity contribution in [3.8, 4) is 5.75 Å². The molecule has 0 radical (unpaired) electrons. The predicted octanol–water partition coefficient (Wildman–Crippen LogP) is 3.95. The third-order valence-corrected chi connectivity index (χ3v) is 6.00. The standard InChI is InChI=1S/C22H30N2O4S/c1-15(2)10-11-23-22(25)14-28-21-9-8-20(13-18(21)5)29(26,27)24-19-7-6-16(3)17(4)12-19/h6-9,12-13,15,24H,10-11,14H2,1-5H3,(H,23,25). The maximum absolute atomic E-state index is 12.7. The van der Waals surface area contributed by atoms with Crippen LogP contribution in [0.5, 0.6) is 5.75 Å². The summed E-state index contributed by atoms with van der Waals surface area (Å²) in [5, 5.41) is 2.81. The van der Waals surface area contributed by atoms with E-state index in [0.717, 1.165) is 17.5 Å². The highest BCUT2D eigenvalue weighted by molar-refractivity contribution is 7.92. The number of aryl methyl sites for hydroxylation is 3. The lowest BCUT2D eigenvalue weighted by molar-refractivity contribution is -0.123. The first-order chi connectivity index (χ1) is 13.6. The van der Waals surface area contributed by atoms with Gasteiger partial charge >= 0.3 is 0 Å². The lowest BCUT2D eigenvalue weighted by Crippen LogP contribution is -2.30. The maximum atomic E-state index is 12.7. The fourth-order valence-corrected chi connectivity index (χ4v) is 3.80. The van der Waals surface area contributed by atoms with Gasteiger partial charge in [0.15, 0.2) is 6.61 Å². The van der Waals surface area contributed by atoms with Crippen LogP contribution in [0.1, 0.15) is 37.0 Å². The van der Waals surface area contributed by atoms with E-state index in [0.29, 0.717) is 29.5 Å². The predicted molar refractivity (Wildman–Crippen MR) is 116 cm³/mol. The number of carbonyl (C=O) groups excluding carboxylic acids is 1. The van der Waals surface area contributed by atoms with Crippen molar-refractivity contribution in [1.82, 2.24) is 5.32 Å². The minimum atomic E-state index is -3.72. The summed E-state index contributed by atoms with van der Waals surface area (Å²) < 4.78 is 33.5. The van der Waals surface area contributed by atoms with Crippen molar-refractivity contribution in [2.75, 3.05) is 17.9 Å². The first-order valence-corrected chi connectivity index (χ1v) is 11.2. The fourth-order valence-electron chi connectivity index (χ4n) is 2.66. The van der Waals surface area contributed by atoms with Gasteiger partial charge in [0.25, 0.3) is 15.9 Å². The summed E-state index contributed by atoms with van der Waals surface area (Å²) in [6.07, 6.45) is 0.908. The van der Waals surface area contributed by atoms with Gasteiger partial charge in [0.2, 0.25) is 0 Å². The van der Waals surface area contributed by atoms with E-state index in [1.165, 1.54) is 12.1 Å². The van der Waals surface area contributed by atoms with Crippen LogP contribution < -0.4 is 14.8 Å². The Morgan fingerprint density at radius 2 is 1.72 bits per heavy atom. The number of benzene rings is 2. The first-order valence-electron chi connectivity index (χ1n) is 9.68. The maximum Gasteiger partial charge on any atom is 0.261 e. The van der Waals surface area contributed by atoms with E-state index >= 15 is 0 Å². The van der Waals surface area contributed by atoms with E-state index < -0.39 is 10.0 Å². The minimum absolute atomic E-state index is 0.105. The van der Waals surface area contributed by atoms with Crippen LogP contribution in [0.3, 0.4) is 0 Å². The molecule has 6 nitrogen and oxygen atoms in total. The van der Waals surface area contributed by atoms with Crippen LogP contribution in [-0.4, -0.2) is 27.5 Å². The van der Waals surface area contributed by atoms with Crippen molar-refractivity contribution < 1.29 is 17.9 Å². The highest BCUT2D eigenvalue weighted by Gasteiger charge is 2.16. The Morgan fingerprint density at radius 1 is 1.00 bits per heavy atom. The zero-order valence-electron chi connectivity index (χ0n) is 17.7. The number of ether oxygens (including phenoxy) is 1. The highest BCUT2D eigenvalue weighted by Crippen LogP contribution is 2.24. The minimum Gasteiger partial charge on any atom is -0.484 e. The third kappa shape index (κ3) is 6.78. The lowest BCUT2D eigenvalue weighted by atomic mass is 10.1. The summed E-state index contributed by atoms with van der Waals surface area (Å²) in [4.78, 5) is 12.0. The number of carbonyl (C=O) groups is 1. The zero-order valence-corrected chi connectivity index (χ0v) is 18.5. The van der Waals surface area contributed by atoms with E-state index in [-0.39, 0.29) is 17.4 Å². The van der Waals surface area contributed by atoms with E-state index in [4.69, 9.17) is 4.74 Å². The number of hydrogen-bond donors (Lipinski definition) is 2. The molecule has 0 aliphatic heterocycles. The average Bonchev–Trinajstić information content (AvgIpc) is 2.63. The molecular formula is C22H30N2O4S. The Kier molecular flexibility index (Phi) is 7.67. The summed E-state index contributed by atoms with van der Waals surface area (Å²) in [5.74, 6) is 0.803. The Hall–Kier alpha value is -2.54.